The smallest absolute Gasteiger partial charge is 0.255 e. The van der Waals surface area contributed by atoms with Crippen molar-refractivity contribution in [1.82, 2.24) is 4.31 Å². The zero-order valence-electron chi connectivity index (χ0n) is 15.1. The van der Waals surface area contributed by atoms with E-state index in [-0.39, 0.29) is 22.8 Å². The largest absolute Gasteiger partial charge is 0.495 e. The van der Waals surface area contributed by atoms with E-state index >= 15 is 0 Å². The Labute approximate surface area is 158 Å². The van der Waals surface area contributed by atoms with Gasteiger partial charge < -0.3 is 14.8 Å². The number of amides is 1. The van der Waals surface area contributed by atoms with Gasteiger partial charge in [-0.05, 0) is 42.5 Å². The lowest BCUT2D eigenvalue weighted by Gasteiger charge is -2.15. The summed E-state index contributed by atoms with van der Waals surface area (Å²) in [4.78, 5) is 12.4. The van der Waals surface area contributed by atoms with E-state index in [1.807, 2.05) is 6.07 Å². The molecule has 27 heavy (non-hydrogen) atoms. The summed E-state index contributed by atoms with van der Waals surface area (Å²) in [5.74, 6) is 0.177. The molecule has 2 aromatic carbocycles. The number of hydrogen-bond donors (Lipinski definition) is 1. The molecular formula is C18H19N3O5S. The number of carbonyl (C=O) groups excluding carboxylic acids is 1. The maximum Gasteiger partial charge on any atom is 0.255 e. The lowest BCUT2D eigenvalue weighted by molar-refractivity contribution is 0.102. The summed E-state index contributed by atoms with van der Waals surface area (Å²) in [6, 6.07) is 12.5. The Kier molecular flexibility index (Phi) is 6.39. The van der Waals surface area contributed by atoms with Gasteiger partial charge in [-0.15, -0.1) is 0 Å². The van der Waals surface area contributed by atoms with Gasteiger partial charge in [0.2, 0.25) is 10.0 Å². The Bertz CT molecular complexity index is 963. The summed E-state index contributed by atoms with van der Waals surface area (Å²) >= 11 is 0. The maximum atomic E-state index is 12.5. The fraction of sp³-hybridized carbons (Fsp3) is 0.222. The number of nitrogens with one attached hydrogen (secondary N) is 1. The summed E-state index contributed by atoms with van der Waals surface area (Å²) in [5, 5.41) is 11.2. The molecule has 2 rings (SSSR count). The third-order valence-corrected chi connectivity index (χ3v) is 5.44. The van der Waals surface area contributed by atoms with E-state index in [1.54, 1.807) is 24.3 Å². The van der Waals surface area contributed by atoms with Gasteiger partial charge >= 0.3 is 0 Å². The van der Waals surface area contributed by atoms with E-state index in [2.05, 4.69) is 5.32 Å². The van der Waals surface area contributed by atoms with Crippen LogP contribution in [0.1, 0.15) is 10.4 Å². The number of nitrogens with zero attached hydrogens (tertiary/aromatic N) is 2. The minimum absolute atomic E-state index is 0.0688. The maximum absolute atomic E-state index is 12.5. The molecule has 0 aromatic heterocycles. The Morgan fingerprint density at radius 1 is 1.19 bits per heavy atom. The van der Waals surface area contributed by atoms with E-state index in [0.717, 1.165) is 4.31 Å². The summed E-state index contributed by atoms with van der Waals surface area (Å²) in [6.45, 7) is -0.0688. The highest BCUT2D eigenvalue weighted by molar-refractivity contribution is 7.89. The van der Waals surface area contributed by atoms with E-state index < -0.39 is 15.9 Å². The molecule has 9 heteroatoms. The van der Waals surface area contributed by atoms with Crippen molar-refractivity contribution in [1.29, 1.82) is 5.26 Å². The van der Waals surface area contributed by atoms with Crippen molar-refractivity contribution >= 4 is 21.6 Å². The minimum atomic E-state index is -3.78. The Hall–Kier alpha value is -3.09. The van der Waals surface area contributed by atoms with Crippen LogP contribution in [0.25, 0.3) is 0 Å². The number of methoxy groups -OCH3 is 1. The third-order valence-electron chi connectivity index (χ3n) is 3.60. The van der Waals surface area contributed by atoms with Crippen molar-refractivity contribution in [3.8, 4) is 17.6 Å². The Morgan fingerprint density at radius 2 is 1.85 bits per heavy atom. The molecule has 0 bridgehead atoms. The van der Waals surface area contributed by atoms with Crippen LogP contribution < -0.4 is 14.8 Å². The zero-order valence-corrected chi connectivity index (χ0v) is 15.9. The van der Waals surface area contributed by atoms with Gasteiger partial charge in [0.05, 0.1) is 7.11 Å². The van der Waals surface area contributed by atoms with Gasteiger partial charge in [0.1, 0.15) is 22.5 Å². The predicted molar refractivity (Wildman–Crippen MR) is 99.4 cm³/mol. The second-order valence-corrected chi connectivity index (χ2v) is 7.70. The molecule has 2 aromatic rings. The van der Waals surface area contributed by atoms with Crippen molar-refractivity contribution in [2.45, 2.75) is 4.90 Å². The topological polar surface area (TPSA) is 109 Å². The third kappa shape index (κ3) is 4.75. The Morgan fingerprint density at radius 3 is 2.41 bits per heavy atom. The number of sulfonamides is 1. The van der Waals surface area contributed by atoms with Crippen molar-refractivity contribution < 1.29 is 22.7 Å². The number of benzene rings is 2. The molecule has 1 N–H and O–H groups in total. The summed E-state index contributed by atoms with van der Waals surface area (Å²) in [7, 11) is 0.384. The molecule has 0 spiro atoms. The molecule has 0 saturated heterocycles. The average Bonchev–Trinajstić information content (AvgIpc) is 2.66. The van der Waals surface area contributed by atoms with Gasteiger partial charge in [0, 0.05) is 25.3 Å². The lowest BCUT2D eigenvalue weighted by Crippen LogP contribution is -2.23. The van der Waals surface area contributed by atoms with Gasteiger partial charge in [-0.3, -0.25) is 4.79 Å². The molecule has 0 aliphatic carbocycles. The lowest BCUT2D eigenvalue weighted by atomic mass is 10.2. The summed E-state index contributed by atoms with van der Waals surface area (Å²) < 4.78 is 36.2. The summed E-state index contributed by atoms with van der Waals surface area (Å²) in [6.07, 6.45) is 0. The van der Waals surface area contributed by atoms with Crippen LogP contribution in [0, 0.1) is 11.3 Å². The number of carbonyl (C=O) groups is 1. The second kappa shape index (κ2) is 8.53. The van der Waals surface area contributed by atoms with E-state index in [0.29, 0.717) is 11.4 Å². The fourth-order valence-corrected chi connectivity index (χ4v) is 3.24. The van der Waals surface area contributed by atoms with Crippen molar-refractivity contribution in [3.63, 3.8) is 0 Å². The van der Waals surface area contributed by atoms with Gasteiger partial charge in [0.15, 0.2) is 6.61 Å². The van der Waals surface area contributed by atoms with Crippen LogP contribution in [0.15, 0.2) is 47.4 Å². The van der Waals surface area contributed by atoms with Crippen molar-refractivity contribution in [3.05, 3.63) is 48.0 Å². The normalized spacial score (nSPS) is 10.9. The van der Waals surface area contributed by atoms with Gasteiger partial charge in [0.25, 0.3) is 5.91 Å². The number of ether oxygens (including phenoxy) is 2. The SMILES string of the molecule is COc1ccc(C(=O)Nc2ccc(OCC#N)cc2)cc1S(=O)(=O)N(C)C. The molecule has 0 aliphatic rings. The van der Waals surface area contributed by atoms with Crippen LogP contribution in [0.3, 0.4) is 0 Å². The molecule has 0 atom stereocenters. The Balaban J connectivity index is 2.25. The first-order valence-electron chi connectivity index (χ1n) is 7.81. The first kappa shape index (κ1) is 20.2. The molecule has 1 amide bonds. The number of nitriles is 1. The van der Waals surface area contributed by atoms with E-state index in [9.17, 15) is 13.2 Å². The first-order valence-corrected chi connectivity index (χ1v) is 9.25. The predicted octanol–water partition coefficient (Wildman–Crippen LogP) is 2.10. The highest BCUT2D eigenvalue weighted by Crippen LogP contribution is 2.27. The van der Waals surface area contributed by atoms with Gasteiger partial charge in [-0.25, -0.2) is 12.7 Å². The molecule has 0 saturated carbocycles. The number of rotatable bonds is 7. The second-order valence-electron chi connectivity index (χ2n) is 5.58. The van der Waals surface area contributed by atoms with Crippen LogP contribution in [0.5, 0.6) is 11.5 Å². The highest BCUT2D eigenvalue weighted by atomic mass is 32.2. The average molecular weight is 389 g/mol. The molecule has 0 fully saturated rings. The van der Waals surface area contributed by atoms with Crippen molar-refractivity contribution in [2.24, 2.45) is 0 Å². The quantitative estimate of drug-likeness (QED) is 0.777. The summed E-state index contributed by atoms with van der Waals surface area (Å²) in [5.41, 5.74) is 0.665. The van der Waals surface area contributed by atoms with Crippen LogP contribution in [0.4, 0.5) is 5.69 Å². The highest BCUT2D eigenvalue weighted by Gasteiger charge is 2.24. The fourth-order valence-electron chi connectivity index (χ4n) is 2.17. The van der Waals surface area contributed by atoms with Crippen LogP contribution in [0.2, 0.25) is 0 Å². The molecule has 0 radical (unpaired) electrons. The molecule has 0 unspecified atom stereocenters. The van der Waals surface area contributed by atoms with Gasteiger partial charge in [-0.1, -0.05) is 0 Å². The standard InChI is InChI=1S/C18H19N3O5S/c1-21(2)27(23,24)17-12-13(4-9-16(17)25-3)18(22)20-14-5-7-15(8-6-14)26-11-10-19/h4-9,12H,11H2,1-3H3,(H,20,22). The van der Waals surface area contributed by atoms with Crippen LogP contribution >= 0.6 is 0 Å². The van der Waals surface area contributed by atoms with Gasteiger partial charge in [-0.2, -0.15) is 5.26 Å². The van der Waals surface area contributed by atoms with E-state index in [4.69, 9.17) is 14.7 Å². The van der Waals surface area contributed by atoms with Crippen LogP contribution in [-0.2, 0) is 10.0 Å². The zero-order chi connectivity index (χ0) is 20.0. The number of hydrogen-bond acceptors (Lipinski definition) is 6. The van der Waals surface area contributed by atoms with E-state index in [1.165, 1.54) is 39.4 Å². The number of anilines is 1. The molecule has 0 aliphatic heterocycles. The monoisotopic (exact) mass is 389 g/mol. The molecule has 142 valence electrons. The molecule has 0 heterocycles. The molecule has 8 nitrogen and oxygen atoms in total. The molecular weight excluding hydrogens is 370 g/mol. The first-order chi connectivity index (χ1) is 12.8. The van der Waals surface area contributed by atoms with Crippen LogP contribution in [-0.4, -0.2) is 46.4 Å². The minimum Gasteiger partial charge on any atom is -0.495 e. The van der Waals surface area contributed by atoms with Crippen molar-refractivity contribution in [2.75, 3.05) is 33.1 Å².